The molecule has 4 heteroatoms. The van der Waals surface area contributed by atoms with Gasteiger partial charge in [0, 0.05) is 25.0 Å². The van der Waals surface area contributed by atoms with Crippen LogP contribution in [0.5, 0.6) is 0 Å². The first-order chi connectivity index (χ1) is 8.63. The van der Waals surface area contributed by atoms with Crippen molar-refractivity contribution in [3.63, 3.8) is 0 Å². The summed E-state index contributed by atoms with van der Waals surface area (Å²) in [6.07, 6.45) is 1.05. The number of likely N-dealkylation sites (N-methyl/N-ethyl adjacent to an activating group) is 1. The third kappa shape index (κ3) is 2.78. The predicted octanol–water partition coefficient (Wildman–Crippen LogP) is 3.09. The largest absolute Gasteiger partial charge is 0.365 e. The molecule has 1 aromatic rings. The lowest BCUT2D eigenvalue weighted by Crippen LogP contribution is -2.38. The number of hydrogen-bond acceptors (Lipinski definition) is 2. The van der Waals surface area contributed by atoms with E-state index in [1.165, 1.54) is 6.07 Å². The van der Waals surface area contributed by atoms with Gasteiger partial charge < -0.3 is 9.80 Å². The van der Waals surface area contributed by atoms with Gasteiger partial charge in [0.25, 0.3) is 0 Å². The van der Waals surface area contributed by atoms with Crippen LogP contribution >= 0.6 is 11.6 Å². The van der Waals surface area contributed by atoms with E-state index in [4.69, 9.17) is 11.6 Å². The molecule has 18 heavy (non-hydrogen) atoms. The van der Waals surface area contributed by atoms with E-state index < -0.39 is 0 Å². The van der Waals surface area contributed by atoms with Gasteiger partial charge in [-0.1, -0.05) is 12.1 Å². The van der Waals surface area contributed by atoms with Gasteiger partial charge in [0.2, 0.25) is 0 Å². The van der Waals surface area contributed by atoms with Crippen LogP contribution in [0.3, 0.4) is 0 Å². The predicted molar refractivity (Wildman–Crippen MR) is 74.9 cm³/mol. The molecule has 0 aliphatic carbocycles. The lowest BCUT2D eigenvalue weighted by Gasteiger charge is -2.32. The maximum absolute atomic E-state index is 14.1. The minimum Gasteiger partial charge on any atom is -0.365 e. The second-order valence-corrected chi connectivity index (χ2v) is 5.31. The maximum atomic E-state index is 14.1. The van der Waals surface area contributed by atoms with Crippen molar-refractivity contribution in [2.24, 2.45) is 0 Å². The fourth-order valence-corrected chi connectivity index (χ4v) is 2.91. The molecule has 0 saturated carbocycles. The molecule has 1 aliphatic heterocycles. The van der Waals surface area contributed by atoms with Crippen molar-refractivity contribution in [2.75, 3.05) is 31.6 Å². The number of rotatable bonds is 2. The molecule has 0 amide bonds. The number of nitrogens with zero attached hydrogens (tertiary/aromatic N) is 2. The summed E-state index contributed by atoms with van der Waals surface area (Å²) in [6.45, 7) is 5.05. The number of halogens is 2. The smallest absolute Gasteiger partial charge is 0.146 e. The Morgan fingerprint density at radius 2 is 2.17 bits per heavy atom. The Hall–Kier alpha value is -0.800. The van der Waals surface area contributed by atoms with E-state index in [2.05, 4.69) is 23.8 Å². The number of para-hydroxylation sites is 1. The van der Waals surface area contributed by atoms with E-state index in [9.17, 15) is 4.39 Å². The average molecular weight is 271 g/mol. The summed E-state index contributed by atoms with van der Waals surface area (Å²) in [6, 6.07) is 5.46. The van der Waals surface area contributed by atoms with Crippen molar-refractivity contribution < 1.29 is 4.39 Å². The van der Waals surface area contributed by atoms with Gasteiger partial charge >= 0.3 is 0 Å². The van der Waals surface area contributed by atoms with E-state index in [-0.39, 0.29) is 5.82 Å². The summed E-state index contributed by atoms with van der Waals surface area (Å²) in [7, 11) is 2.11. The molecule has 2 rings (SSSR count). The molecule has 1 heterocycles. The fraction of sp³-hybridized carbons (Fsp3) is 0.571. The summed E-state index contributed by atoms with van der Waals surface area (Å²) in [5, 5.41) is 0. The van der Waals surface area contributed by atoms with Crippen molar-refractivity contribution in [3.8, 4) is 0 Å². The molecule has 1 unspecified atom stereocenters. The molecule has 0 radical (unpaired) electrons. The van der Waals surface area contributed by atoms with E-state index in [1.807, 2.05) is 6.07 Å². The molecular weight excluding hydrogens is 251 g/mol. The van der Waals surface area contributed by atoms with Crippen molar-refractivity contribution in [3.05, 3.63) is 29.6 Å². The lowest BCUT2D eigenvalue weighted by molar-refractivity contribution is 0.337. The standard InChI is InChI=1S/C14H20ClFN2/c1-11-10-17(2)7-4-8-18(11)14-12(9-15)5-3-6-13(14)16/h3,5-6,11H,4,7-10H2,1-2H3. The molecule has 1 saturated heterocycles. The quantitative estimate of drug-likeness (QED) is 0.762. The fourth-order valence-electron chi connectivity index (χ4n) is 2.69. The Balaban J connectivity index is 2.34. The zero-order valence-corrected chi connectivity index (χ0v) is 11.8. The van der Waals surface area contributed by atoms with Gasteiger partial charge in [-0.15, -0.1) is 11.6 Å². The van der Waals surface area contributed by atoms with E-state index in [0.29, 0.717) is 17.6 Å². The third-order valence-corrected chi connectivity index (χ3v) is 3.84. The van der Waals surface area contributed by atoms with Crippen molar-refractivity contribution in [2.45, 2.75) is 25.3 Å². The Bertz CT molecular complexity index is 411. The summed E-state index contributed by atoms with van der Waals surface area (Å²) < 4.78 is 14.1. The van der Waals surface area contributed by atoms with Gasteiger partial charge in [-0.25, -0.2) is 4.39 Å². The molecular formula is C14H20ClFN2. The van der Waals surface area contributed by atoms with Gasteiger partial charge in [-0.3, -0.25) is 0 Å². The highest BCUT2D eigenvalue weighted by Gasteiger charge is 2.23. The first-order valence-corrected chi connectivity index (χ1v) is 6.95. The highest BCUT2D eigenvalue weighted by atomic mass is 35.5. The van der Waals surface area contributed by atoms with Gasteiger partial charge in [0.05, 0.1) is 5.69 Å². The van der Waals surface area contributed by atoms with Crippen molar-refractivity contribution in [1.29, 1.82) is 0 Å². The van der Waals surface area contributed by atoms with Gasteiger partial charge in [-0.05, 0) is 38.6 Å². The van der Waals surface area contributed by atoms with Crippen LogP contribution in [-0.4, -0.2) is 37.6 Å². The Morgan fingerprint density at radius 1 is 1.39 bits per heavy atom. The van der Waals surface area contributed by atoms with Gasteiger partial charge in [-0.2, -0.15) is 0 Å². The van der Waals surface area contributed by atoms with Gasteiger partial charge in [0.15, 0.2) is 0 Å². The first kappa shape index (κ1) is 13.6. The first-order valence-electron chi connectivity index (χ1n) is 6.42. The molecule has 1 aromatic carbocycles. The second-order valence-electron chi connectivity index (χ2n) is 5.04. The summed E-state index contributed by atoms with van der Waals surface area (Å²) >= 11 is 5.94. The van der Waals surface area contributed by atoms with E-state index in [1.54, 1.807) is 6.07 Å². The minimum absolute atomic E-state index is 0.162. The summed E-state index contributed by atoms with van der Waals surface area (Å²) in [4.78, 5) is 4.46. The number of anilines is 1. The summed E-state index contributed by atoms with van der Waals surface area (Å²) in [5.74, 6) is 0.191. The zero-order chi connectivity index (χ0) is 13.1. The number of benzene rings is 1. The highest BCUT2D eigenvalue weighted by molar-refractivity contribution is 6.17. The van der Waals surface area contributed by atoms with Crippen LogP contribution in [0, 0.1) is 5.82 Å². The number of hydrogen-bond donors (Lipinski definition) is 0. The molecule has 1 aliphatic rings. The van der Waals surface area contributed by atoms with Crippen LogP contribution in [-0.2, 0) is 5.88 Å². The average Bonchev–Trinajstić information content (AvgIpc) is 2.50. The molecule has 0 N–H and O–H groups in total. The van der Waals surface area contributed by atoms with E-state index in [0.717, 1.165) is 31.6 Å². The highest BCUT2D eigenvalue weighted by Crippen LogP contribution is 2.29. The van der Waals surface area contributed by atoms with Crippen LogP contribution in [0.2, 0.25) is 0 Å². The van der Waals surface area contributed by atoms with Crippen molar-refractivity contribution in [1.82, 2.24) is 4.90 Å². The number of alkyl halides is 1. The second kappa shape index (κ2) is 5.89. The molecule has 1 fully saturated rings. The van der Waals surface area contributed by atoms with Crippen LogP contribution < -0.4 is 4.90 Å². The normalized spacial score (nSPS) is 22.0. The minimum atomic E-state index is -0.162. The Kier molecular flexibility index (Phi) is 4.46. The van der Waals surface area contributed by atoms with E-state index >= 15 is 0 Å². The monoisotopic (exact) mass is 270 g/mol. The topological polar surface area (TPSA) is 6.48 Å². The van der Waals surface area contributed by atoms with Gasteiger partial charge in [0.1, 0.15) is 5.82 Å². The SMILES string of the molecule is CC1CN(C)CCCN1c1c(F)cccc1CCl. The third-order valence-electron chi connectivity index (χ3n) is 3.55. The molecule has 0 aromatic heterocycles. The molecule has 100 valence electrons. The summed E-state index contributed by atoms with van der Waals surface area (Å²) in [5.41, 5.74) is 1.57. The molecule has 2 nitrogen and oxygen atoms in total. The van der Waals surface area contributed by atoms with Crippen LogP contribution in [0.25, 0.3) is 0 Å². The molecule has 0 spiro atoms. The molecule has 0 bridgehead atoms. The van der Waals surface area contributed by atoms with Crippen molar-refractivity contribution >= 4 is 17.3 Å². The van der Waals surface area contributed by atoms with Crippen LogP contribution in [0.4, 0.5) is 10.1 Å². The maximum Gasteiger partial charge on any atom is 0.146 e. The Morgan fingerprint density at radius 3 is 2.89 bits per heavy atom. The zero-order valence-electron chi connectivity index (χ0n) is 11.0. The molecule has 1 atom stereocenters. The Labute approximate surface area is 113 Å². The van der Waals surface area contributed by atoms with Crippen LogP contribution in [0.15, 0.2) is 18.2 Å². The van der Waals surface area contributed by atoms with Crippen LogP contribution in [0.1, 0.15) is 18.9 Å². The lowest BCUT2D eigenvalue weighted by atomic mass is 10.1.